The van der Waals surface area contributed by atoms with Gasteiger partial charge in [0.2, 0.25) is 5.88 Å². The summed E-state index contributed by atoms with van der Waals surface area (Å²) in [6, 6.07) is 3.37. The van der Waals surface area contributed by atoms with Crippen LogP contribution in [-0.2, 0) is 6.42 Å². The molecule has 0 aliphatic carbocycles. The lowest BCUT2D eigenvalue weighted by Gasteiger charge is -2.06. The van der Waals surface area contributed by atoms with Crippen LogP contribution in [0.3, 0.4) is 0 Å². The molecule has 2 aromatic rings. The van der Waals surface area contributed by atoms with E-state index in [0.717, 1.165) is 6.20 Å². The molecule has 2 rings (SSSR count). The van der Waals surface area contributed by atoms with Gasteiger partial charge in [0.05, 0.1) is 24.3 Å². The van der Waals surface area contributed by atoms with E-state index in [1.165, 1.54) is 7.11 Å². The van der Waals surface area contributed by atoms with Gasteiger partial charge in [-0.25, -0.2) is 9.37 Å². The van der Waals surface area contributed by atoms with Crippen molar-refractivity contribution in [3.63, 3.8) is 0 Å². The summed E-state index contributed by atoms with van der Waals surface area (Å²) in [6.07, 6.45) is 1.35. The highest BCUT2D eigenvalue weighted by Crippen LogP contribution is 2.20. The minimum absolute atomic E-state index is 0.130. The molecule has 0 radical (unpaired) electrons. The molecule has 0 aliphatic rings. The van der Waals surface area contributed by atoms with Crippen LogP contribution in [0.15, 0.2) is 18.3 Å². The van der Waals surface area contributed by atoms with Gasteiger partial charge in [-0.15, -0.1) is 0 Å². The molecule has 0 saturated heterocycles. The Morgan fingerprint density at radius 3 is 2.94 bits per heavy atom. The van der Waals surface area contributed by atoms with Gasteiger partial charge < -0.3 is 9.84 Å². The molecular formula is C11H11FN2O2. The third kappa shape index (κ3) is 1.81. The highest BCUT2D eigenvalue weighted by Gasteiger charge is 2.10. The van der Waals surface area contributed by atoms with Crippen LogP contribution in [0.4, 0.5) is 4.39 Å². The molecule has 2 heterocycles. The maximum absolute atomic E-state index is 13.5. The number of hydrogen-bond donors (Lipinski definition) is 1. The lowest BCUT2D eigenvalue weighted by Crippen LogP contribution is -2.00. The SMILES string of the molecule is COc1ccc2ncc(F)c(CCO)c2n1. The number of rotatable bonds is 3. The average Bonchev–Trinajstić information content (AvgIpc) is 2.32. The zero-order valence-corrected chi connectivity index (χ0v) is 8.77. The Morgan fingerprint density at radius 2 is 2.25 bits per heavy atom. The fraction of sp³-hybridized carbons (Fsp3) is 0.273. The molecular weight excluding hydrogens is 211 g/mol. The van der Waals surface area contributed by atoms with Crippen LogP contribution in [0.5, 0.6) is 5.88 Å². The van der Waals surface area contributed by atoms with E-state index in [9.17, 15) is 4.39 Å². The Labute approximate surface area is 91.7 Å². The number of pyridine rings is 2. The molecule has 16 heavy (non-hydrogen) atoms. The maximum Gasteiger partial charge on any atom is 0.213 e. The quantitative estimate of drug-likeness (QED) is 0.850. The number of halogens is 1. The van der Waals surface area contributed by atoms with E-state index in [-0.39, 0.29) is 13.0 Å². The summed E-state index contributed by atoms with van der Waals surface area (Å²) >= 11 is 0. The second-order valence-electron chi connectivity index (χ2n) is 3.28. The largest absolute Gasteiger partial charge is 0.481 e. The van der Waals surface area contributed by atoms with Crippen molar-refractivity contribution in [1.82, 2.24) is 9.97 Å². The first-order valence-corrected chi connectivity index (χ1v) is 4.85. The van der Waals surface area contributed by atoms with Crippen molar-refractivity contribution in [2.75, 3.05) is 13.7 Å². The smallest absolute Gasteiger partial charge is 0.213 e. The Bertz CT molecular complexity index is 517. The normalized spacial score (nSPS) is 10.7. The molecule has 1 N–H and O–H groups in total. The van der Waals surface area contributed by atoms with E-state index in [0.29, 0.717) is 22.5 Å². The molecule has 0 saturated carbocycles. The lowest BCUT2D eigenvalue weighted by atomic mass is 10.1. The van der Waals surface area contributed by atoms with Crippen molar-refractivity contribution >= 4 is 11.0 Å². The van der Waals surface area contributed by atoms with E-state index >= 15 is 0 Å². The number of nitrogens with zero attached hydrogens (tertiary/aromatic N) is 2. The molecule has 0 amide bonds. The van der Waals surface area contributed by atoms with Crippen LogP contribution in [0.25, 0.3) is 11.0 Å². The van der Waals surface area contributed by atoms with Crippen LogP contribution in [0.1, 0.15) is 5.56 Å². The topological polar surface area (TPSA) is 55.2 Å². The maximum atomic E-state index is 13.5. The van der Waals surface area contributed by atoms with E-state index in [1.807, 2.05) is 0 Å². The highest BCUT2D eigenvalue weighted by molar-refractivity contribution is 5.78. The number of aliphatic hydroxyl groups excluding tert-OH is 1. The number of fused-ring (bicyclic) bond motifs is 1. The van der Waals surface area contributed by atoms with Crippen molar-refractivity contribution in [3.05, 3.63) is 29.7 Å². The summed E-state index contributed by atoms with van der Waals surface area (Å²) in [5.41, 5.74) is 1.39. The van der Waals surface area contributed by atoms with E-state index < -0.39 is 5.82 Å². The van der Waals surface area contributed by atoms with E-state index in [2.05, 4.69) is 9.97 Å². The average molecular weight is 222 g/mol. The summed E-state index contributed by atoms with van der Waals surface area (Å²) in [4.78, 5) is 8.06. The van der Waals surface area contributed by atoms with Crippen LogP contribution in [-0.4, -0.2) is 28.8 Å². The summed E-state index contributed by atoms with van der Waals surface area (Å²) in [6.45, 7) is -0.130. The van der Waals surface area contributed by atoms with Crippen molar-refractivity contribution in [1.29, 1.82) is 0 Å². The fourth-order valence-corrected chi connectivity index (χ4v) is 1.54. The van der Waals surface area contributed by atoms with Gasteiger partial charge in [-0.3, -0.25) is 4.98 Å². The number of aliphatic hydroxyl groups is 1. The first-order valence-electron chi connectivity index (χ1n) is 4.85. The first-order chi connectivity index (χ1) is 7.76. The summed E-state index contributed by atoms with van der Waals surface area (Å²) in [7, 11) is 1.49. The summed E-state index contributed by atoms with van der Waals surface area (Å²) in [5, 5.41) is 8.88. The molecule has 0 unspecified atom stereocenters. The second-order valence-corrected chi connectivity index (χ2v) is 3.28. The fourth-order valence-electron chi connectivity index (χ4n) is 1.54. The van der Waals surface area contributed by atoms with Crippen molar-refractivity contribution in [2.24, 2.45) is 0 Å². The zero-order valence-electron chi connectivity index (χ0n) is 8.77. The summed E-state index contributed by atoms with van der Waals surface area (Å²) in [5.74, 6) is -0.0543. The number of ether oxygens (including phenoxy) is 1. The van der Waals surface area contributed by atoms with Gasteiger partial charge in [0.15, 0.2) is 0 Å². The van der Waals surface area contributed by atoms with Crippen LogP contribution < -0.4 is 4.74 Å². The molecule has 84 valence electrons. The van der Waals surface area contributed by atoms with Gasteiger partial charge in [-0.1, -0.05) is 0 Å². The number of hydrogen-bond acceptors (Lipinski definition) is 4. The monoisotopic (exact) mass is 222 g/mol. The predicted molar refractivity (Wildman–Crippen MR) is 56.8 cm³/mol. The van der Waals surface area contributed by atoms with E-state index in [4.69, 9.17) is 9.84 Å². The Morgan fingerprint density at radius 1 is 1.44 bits per heavy atom. The van der Waals surface area contributed by atoms with Crippen LogP contribution >= 0.6 is 0 Å². The molecule has 0 atom stereocenters. The standard InChI is InChI=1S/C11H11FN2O2/c1-16-10-3-2-9-11(14-10)7(4-5-15)8(12)6-13-9/h2-3,6,15H,4-5H2,1H3. The molecule has 0 bridgehead atoms. The Kier molecular flexibility index (Phi) is 2.96. The number of methoxy groups -OCH3 is 1. The van der Waals surface area contributed by atoms with Gasteiger partial charge in [-0.05, 0) is 6.07 Å². The molecule has 0 fully saturated rings. The predicted octanol–water partition coefficient (Wildman–Crippen LogP) is 1.31. The van der Waals surface area contributed by atoms with Crippen molar-refractivity contribution < 1.29 is 14.2 Å². The zero-order chi connectivity index (χ0) is 11.5. The molecule has 0 aliphatic heterocycles. The first kappa shape index (κ1) is 10.8. The molecule has 4 nitrogen and oxygen atoms in total. The number of aromatic nitrogens is 2. The third-order valence-electron chi connectivity index (χ3n) is 2.31. The van der Waals surface area contributed by atoms with Crippen molar-refractivity contribution in [3.8, 4) is 5.88 Å². The molecule has 2 aromatic heterocycles. The van der Waals surface area contributed by atoms with Crippen LogP contribution in [0.2, 0.25) is 0 Å². The van der Waals surface area contributed by atoms with Gasteiger partial charge in [0.25, 0.3) is 0 Å². The minimum atomic E-state index is -0.456. The lowest BCUT2D eigenvalue weighted by molar-refractivity contribution is 0.298. The highest BCUT2D eigenvalue weighted by atomic mass is 19.1. The Hall–Kier alpha value is -1.75. The van der Waals surface area contributed by atoms with Crippen molar-refractivity contribution in [2.45, 2.75) is 6.42 Å². The molecule has 5 heteroatoms. The van der Waals surface area contributed by atoms with Gasteiger partial charge in [0, 0.05) is 24.7 Å². The van der Waals surface area contributed by atoms with Gasteiger partial charge in [0.1, 0.15) is 5.82 Å². The van der Waals surface area contributed by atoms with E-state index in [1.54, 1.807) is 12.1 Å². The molecule has 0 aromatic carbocycles. The summed E-state index contributed by atoms with van der Waals surface area (Å²) < 4.78 is 18.5. The Balaban J connectivity index is 2.67. The second kappa shape index (κ2) is 4.40. The van der Waals surface area contributed by atoms with Gasteiger partial charge in [-0.2, -0.15) is 0 Å². The van der Waals surface area contributed by atoms with Gasteiger partial charge >= 0.3 is 0 Å². The minimum Gasteiger partial charge on any atom is -0.481 e. The van der Waals surface area contributed by atoms with Crippen LogP contribution in [0, 0.1) is 5.82 Å². The molecule has 0 spiro atoms. The third-order valence-corrected chi connectivity index (χ3v) is 2.31.